The number of allylic oxidation sites excluding steroid dienone is 12. The predicted molar refractivity (Wildman–Crippen MR) is 228 cm³/mol. The number of unbranched alkanes of at least 4 members (excludes halogenated alkanes) is 13. The molecule has 1 heterocycles. The molecule has 322 valence electrons. The van der Waals surface area contributed by atoms with E-state index in [1.165, 1.54) is 51.4 Å². The van der Waals surface area contributed by atoms with Crippen molar-refractivity contribution < 1.29 is 44.2 Å². The summed E-state index contributed by atoms with van der Waals surface area (Å²) in [6, 6.07) is 0. The third-order valence-electron chi connectivity index (χ3n) is 9.64. The maximum atomic E-state index is 12.7. The van der Waals surface area contributed by atoms with Crippen molar-refractivity contribution >= 4 is 5.97 Å². The summed E-state index contributed by atoms with van der Waals surface area (Å²) in [5.74, 6) is -0.330. The minimum Gasteiger partial charge on any atom is -0.457 e. The number of rotatable bonds is 36. The summed E-state index contributed by atoms with van der Waals surface area (Å²) >= 11 is 0. The van der Waals surface area contributed by atoms with Crippen LogP contribution in [0.5, 0.6) is 0 Å². The Bertz CT molecular complexity index is 1080. The van der Waals surface area contributed by atoms with E-state index >= 15 is 0 Å². The first-order valence-electron chi connectivity index (χ1n) is 22.0. The first-order chi connectivity index (χ1) is 27.4. The maximum Gasteiger partial charge on any atom is 0.306 e. The van der Waals surface area contributed by atoms with Crippen molar-refractivity contribution in [3.8, 4) is 0 Å². The van der Waals surface area contributed by atoms with E-state index in [4.69, 9.17) is 18.9 Å². The fourth-order valence-electron chi connectivity index (χ4n) is 6.20. The van der Waals surface area contributed by atoms with Gasteiger partial charge in [-0.25, -0.2) is 0 Å². The molecule has 0 spiro atoms. The lowest BCUT2D eigenvalue weighted by Gasteiger charge is -2.39. The van der Waals surface area contributed by atoms with Gasteiger partial charge in [0.25, 0.3) is 0 Å². The zero-order valence-corrected chi connectivity index (χ0v) is 35.1. The number of carbonyl (C=O) groups is 1. The van der Waals surface area contributed by atoms with E-state index < -0.39 is 43.4 Å². The van der Waals surface area contributed by atoms with Crippen LogP contribution in [0.25, 0.3) is 0 Å². The van der Waals surface area contributed by atoms with Gasteiger partial charge in [-0.3, -0.25) is 4.79 Å². The van der Waals surface area contributed by atoms with Gasteiger partial charge in [0, 0.05) is 13.0 Å². The molecule has 4 N–H and O–H groups in total. The Hall–Kier alpha value is -2.37. The second-order valence-electron chi connectivity index (χ2n) is 14.8. The van der Waals surface area contributed by atoms with Gasteiger partial charge in [0.2, 0.25) is 0 Å². The molecule has 0 aromatic rings. The van der Waals surface area contributed by atoms with E-state index in [0.717, 1.165) is 83.5 Å². The third kappa shape index (κ3) is 28.9. The quantitative estimate of drug-likeness (QED) is 0.0278. The highest BCUT2D eigenvalue weighted by molar-refractivity contribution is 5.69. The standard InChI is InChI=1S/C47H80O9/c1-3-5-7-9-11-13-15-16-17-18-19-20-21-22-23-24-25-27-29-31-33-35-37-53-39-41(40-54-47-46(52)45(51)44(50)42(38-48)56-47)55-43(49)36-34-32-30-28-26-14-12-10-8-6-4-2/h5,7,11,13,16-17,19-20,22-23,25,27,41-42,44-48,50-52H,3-4,6,8-10,12,14-15,18,21,24,26,28-40H2,1-2H3/b7-5-,13-11-,17-16-,20-19-,23-22-,27-25-. The molecular formula is C47H80O9. The van der Waals surface area contributed by atoms with Gasteiger partial charge < -0.3 is 39.4 Å². The van der Waals surface area contributed by atoms with Crippen molar-refractivity contribution in [2.75, 3.05) is 26.4 Å². The topological polar surface area (TPSA) is 135 Å². The minimum absolute atomic E-state index is 0.120. The molecule has 0 aromatic heterocycles. The molecule has 0 aliphatic carbocycles. The van der Waals surface area contributed by atoms with Crippen molar-refractivity contribution in [1.82, 2.24) is 0 Å². The van der Waals surface area contributed by atoms with Gasteiger partial charge in [-0.2, -0.15) is 0 Å². The highest BCUT2D eigenvalue weighted by Crippen LogP contribution is 2.22. The van der Waals surface area contributed by atoms with Crippen LogP contribution in [0.3, 0.4) is 0 Å². The van der Waals surface area contributed by atoms with Crippen LogP contribution >= 0.6 is 0 Å². The summed E-state index contributed by atoms with van der Waals surface area (Å²) in [6.45, 7) is 4.34. The van der Waals surface area contributed by atoms with Crippen LogP contribution in [0.15, 0.2) is 72.9 Å². The van der Waals surface area contributed by atoms with Gasteiger partial charge >= 0.3 is 5.97 Å². The highest BCUT2D eigenvalue weighted by atomic mass is 16.7. The zero-order valence-electron chi connectivity index (χ0n) is 35.1. The first-order valence-corrected chi connectivity index (χ1v) is 22.0. The summed E-state index contributed by atoms with van der Waals surface area (Å²) in [7, 11) is 0. The van der Waals surface area contributed by atoms with E-state index in [2.05, 4.69) is 86.8 Å². The van der Waals surface area contributed by atoms with Crippen LogP contribution in [0, 0.1) is 0 Å². The van der Waals surface area contributed by atoms with Gasteiger partial charge in [-0.05, 0) is 64.2 Å². The van der Waals surface area contributed by atoms with Gasteiger partial charge in [0.1, 0.15) is 30.5 Å². The molecule has 0 bridgehead atoms. The summed E-state index contributed by atoms with van der Waals surface area (Å²) in [4.78, 5) is 12.7. The Kier molecular flexibility index (Phi) is 35.2. The molecule has 6 unspecified atom stereocenters. The van der Waals surface area contributed by atoms with Crippen LogP contribution < -0.4 is 0 Å². The number of esters is 1. The predicted octanol–water partition coefficient (Wildman–Crippen LogP) is 9.69. The number of hydrogen-bond donors (Lipinski definition) is 4. The fourth-order valence-corrected chi connectivity index (χ4v) is 6.20. The van der Waals surface area contributed by atoms with Crippen molar-refractivity contribution in [2.45, 2.75) is 192 Å². The zero-order chi connectivity index (χ0) is 40.7. The van der Waals surface area contributed by atoms with Gasteiger partial charge in [0.15, 0.2) is 6.29 Å². The Morgan fingerprint density at radius 3 is 1.62 bits per heavy atom. The van der Waals surface area contributed by atoms with Crippen molar-refractivity contribution in [3.05, 3.63) is 72.9 Å². The SMILES string of the molecule is CC/C=C\C/C=C\C/C=C\C/C=C\C/C=C\C/C=C\CCCCCOCC(COC1OC(CO)C(O)C(O)C1O)OC(=O)CCCCCCCCCCCCC. The molecule has 0 aromatic carbocycles. The number of aliphatic hydroxyl groups is 4. The first kappa shape index (κ1) is 51.6. The minimum atomic E-state index is -1.54. The molecule has 1 rings (SSSR count). The van der Waals surface area contributed by atoms with E-state index in [9.17, 15) is 25.2 Å². The van der Waals surface area contributed by atoms with Crippen LogP contribution in [0.2, 0.25) is 0 Å². The second-order valence-corrected chi connectivity index (χ2v) is 14.8. The van der Waals surface area contributed by atoms with E-state index in [-0.39, 0.29) is 19.2 Å². The number of aliphatic hydroxyl groups excluding tert-OH is 4. The lowest BCUT2D eigenvalue weighted by atomic mass is 9.99. The third-order valence-corrected chi connectivity index (χ3v) is 9.64. The summed E-state index contributed by atoms with van der Waals surface area (Å²) in [5.41, 5.74) is 0. The summed E-state index contributed by atoms with van der Waals surface area (Å²) < 4.78 is 22.7. The monoisotopic (exact) mass is 789 g/mol. The van der Waals surface area contributed by atoms with E-state index in [1.807, 2.05) is 0 Å². The lowest BCUT2D eigenvalue weighted by Crippen LogP contribution is -2.59. The molecule has 1 saturated heterocycles. The Morgan fingerprint density at radius 2 is 1.09 bits per heavy atom. The Morgan fingerprint density at radius 1 is 0.589 bits per heavy atom. The molecule has 9 nitrogen and oxygen atoms in total. The smallest absolute Gasteiger partial charge is 0.306 e. The molecule has 1 fully saturated rings. The Balaban J connectivity index is 2.29. The molecule has 0 saturated carbocycles. The number of hydrogen-bond acceptors (Lipinski definition) is 9. The Labute approximate surface area is 340 Å². The van der Waals surface area contributed by atoms with Crippen LogP contribution in [0.1, 0.15) is 155 Å². The van der Waals surface area contributed by atoms with Crippen LogP contribution in [0.4, 0.5) is 0 Å². The molecule has 6 atom stereocenters. The second kappa shape index (κ2) is 38.2. The molecule has 1 aliphatic heterocycles. The number of carbonyl (C=O) groups excluding carboxylic acids is 1. The average Bonchev–Trinajstić information content (AvgIpc) is 3.20. The maximum absolute atomic E-state index is 12.7. The number of ether oxygens (including phenoxy) is 4. The lowest BCUT2D eigenvalue weighted by molar-refractivity contribution is -0.305. The molecule has 0 amide bonds. The highest BCUT2D eigenvalue weighted by Gasteiger charge is 2.44. The van der Waals surface area contributed by atoms with E-state index in [0.29, 0.717) is 13.0 Å². The van der Waals surface area contributed by atoms with Crippen molar-refractivity contribution in [2.24, 2.45) is 0 Å². The van der Waals surface area contributed by atoms with Gasteiger partial charge in [0.05, 0.1) is 19.8 Å². The normalized spacial score (nSPS) is 21.3. The summed E-state index contributed by atoms with van der Waals surface area (Å²) in [6.07, 6.45) is 42.2. The molecule has 0 radical (unpaired) electrons. The summed E-state index contributed by atoms with van der Waals surface area (Å²) in [5, 5.41) is 40.0. The fraction of sp³-hybridized carbons (Fsp3) is 0.723. The van der Waals surface area contributed by atoms with E-state index in [1.54, 1.807) is 0 Å². The average molecular weight is 789 g/mol. The molecular weight excluding hydrogens is 709 g/mol. The van der Waals surface area contributed by atoms with Crippen LogP contribution in [-0.2, 0) is 23.7 Å². The largest absolute Gasteiger partial charge is 0.457 e. The van der Waals surface area contributed by atoms with Crippen LogP contribution in [-0.4, -0.2) is 89.6 Å². The van der Waals surface area contributed by atoms with Crippen molar-refractivity contribution in [3.63, 3.8) is 0 Å². The van der Waals surface area contributed by atoms with Gasteiger partial charge in [-0.15, -0.1) is 0 Å². The molecule has 9 heteroatoms. The van der Waals surface area contributed by atoms with Gasteiger partial charge in [-0.1, -0.05) is 157 Å². The van der Waals surface area contributed by atoms with Crippen molar-refractivity contribution in [1.29, 1.82) is 0 Å². The molecule has 56 heavy (non-hydrogen) atoms. The molecule has 1 aliphatic rings.